The number of anilines is 2. The zero-order valence-corrected chi connectivity index (χ0v) is 52.5. The van der Waals surface area contributed by atoms with Crippen LogP contribution in [0.2, 0.25) is 0 Å². The standard InChI is InChI=1S/C70H73F6N13O4/c1-6-57(90)86-28-20-44(37-86)84(4)65-54-35-78-62(50-15-8-13-48-51(50)30-41(71)31-56(48)74)60(76)64(54)79-67(81-65)92-39-69-22-11-27-89(69)43(19-24-69)32-52-46-12-7-14-49(47(46)17-18-55(52)73)61-59(75)63-53(34-77-61)66(85(5)45-21-29-87(38-45)58(91)16-9-25-83(2)3)82-68(80-63)93-40-70-23-10-26-88(70)36-42(72)33-70/h6-9,12-18,30-31,34-35,42-45H,1,10-11,19-29,32-33,36-40H2,2-5H3/b16-9+/t42-,43?,44-,45-,69?,70+/m1/s1. The molecule has 484 valence electrons. The van der Waals surface area contributed by atoms with Crippen LogP contribution in [0.3, 0.4) is 0 Å². The molecule has 6 saturated heterocycles. The molecule has 2 amide bonds. The SMILES string of the molecule is C=CC(=O)N1CC[C@@H](N(C)c2nc(OCC34CCCN3C(Cc3c(F)ccc5c(-c6ncc7c(N(C)[C@@H]8CCN(C(=O)/C=C/CN(C)C)C8)nc(OC[C@@]89CCCN8C[C@H](F)C9)nc7c6F)cccc35)CC4)nc3c(F)c(-c4cccc5c(F)cc(F)cc45)ncc23)C1. The molecule has 6 fully saturated rings. The first kappa shape index (κ1) is 61.9. The number of halogens is 6. The predicted octanol–water partition coefficient (Wildman–Crippen LogP) is 10.7. The third kappa shape index (κ3) is 11.3. The number of carbonyl (C=O) groups is 2. The highest BCUT2D eigenvalue weighted by atomic mass is 19.2. The molecule has 10 heterocycles. The van der Waals surface area contributed by atoms with Crippen LogP contribution in [0.1, 0.15) is 63.4 Å². The van der Waals surface area contributed by atoms with Crippen LogP contribution < -0.4 is 19.3 Å². The number of fused-ring (bicyclic) bond motifs is 6. The van der Waals surface area contributed by atoms with Crippen LogP contribution in [0.25, 0.3) is 65.9 Å². The summed E-state index contributed by atoms with van der Waals surface area (Å²) < 4.78 is 110. The molecule has 0 aliphatic carbocycles. The van der Waals surface area contributed by atoms with Gasteiger partial charge in [0.05, 0.1) is 21.9 Å². The molecule has 0 radical (unpaired) electrons. The van der Waals surface area contributed by atoms with Crippen LogP contribution in [0.15, 0.2) is 97.9 Å². The minimum absolute atomic E-state index is 0.00393. The minimum Gasteiger partial charge on any atom is -0.461 e. The number of aromatic nitrogens is 6. The van der Waals surface area contributed by atoms with Crippen LogP contribution in [0.5, 0.6) is 12.0 Å². The van der Waals surface area contributed by atoms with Crippen LogP contribution in [-0.4, -0.2) is 195 Å². The molecular weight excluding hydrogens is 1200 g/mol. The van der Waals surface area contributed by atoms with Crippen molar-refractivity contribution in [2.24, 2.45) is 0 Å². The number of likely N-dealkylation sites (N-methyl/N-ethyl adjacent to an activating group) is 3. The highest BCUT2D eigenvalue weighted by Crippen LogP contribution is 2.47. The molecular formula is C70H73F6N13O4. The van der Waals surface area contributed by atoms with Crippen molar-refractivity contribution in [3.8, 4) is 34.5 Å². The average molecular weight is 1270 g/mol. The van der Waals surface area contributed by atoms with Gasteiger partial charge in [-0.3, -0.25) is 29.4 Å². The molecule has 4 aromatic heterocycles. The third-order valence-electron chi connectivity index (χ3n) is 20.6. The molecule has 93 heavy (non-hydrogen) atoms. The van der Waals surface area contributed by atoms with Crippen LogP contribution in [0, 0.1) is 29.1 Å². The van der Waals surface area contributed by atoms with E-state index in [2.05, 4.69) is 21.4 Å². The quantitative estimate of drug-likeness (QED) is 0.0591. The monoisotopic (exact) mass is 1270 g/mol. The molecule has 6 aliphatic rings. The Morgan fingerprint density at radius 1 is 0.645 bits per heavy atom. The first-order valence-corrected chi connectivity index (χ1v) is 32.1. The first-order chi connectivity index (χ1) is 44.9. The maximum Gasteiger partial charge on any atom is 0.319 e. The van der Waals surface area contributed by atoms with Gasteiger partial charge in [-0.15, -0.1) is 0 Å². The van der Waals surface area contributed by atoms with Gasteiger partial charge >= 0.3 is 12.0 Å². The third-order valence-corrected chi connectivity index (χ3v) is 20.6. The van der Waals surface area contributed by atoms with Crippen molar-refractivity contribution >= 4 is 66.8 Å². The first-order valence-electron chi connectivity index (χ1n) is 32.1. The summed E-state index contributed by atoms with van der Waals surface area (Å²) in [5, 5.41) is 2.03. The smallest absolute Gasteiger partial charge is 0.319 e. The minimum atomic E-state index is -0.987. The summed E-state index contributed by atoms with van der Waals surface area (Å²) >= 11 is 0. The van der Waals surface area contributed by atoms with Gasteiger partial charge < -0.3 is 34.0 Å². The Morgan fingerprint density at radius 3 is 1.89 bits per heavy atom. The number of benzene rings is 4. The van der Waals surface area contributed by atoms with E-state index >= 15 is 17.6 Å². The van der Waals surface area contributed by atoms with E-state index in [0.717, 1.165) is 44.4 Å². The molecule has 0 spiro atoms. The highest BCUT2D eigenvalue weighted by molar-refractivity contribution is 6.02. The number of carbonyl (C=O) groups excluding carboxylic acids is 2. The van der Waals surface area contributed by atoms with E-state index in [0.29, 0.717) is 123 Å². The molecule has 6 aliphatic heterocycles. The topological polar surface area (TPSA) is 153 Å². The normalized spacial score (nSPS) is 23.2. The second kappa shape index (κ2) is 24.7. The van der Waals surface area contributed by atoms with Crippen molar-refractivity contribution in [3.63, 3.8) is 0 Å². The number of hydrogen-bond donors (Lipinski definition) is 0. The van der Waals surface area contributed by atoms with Crippen molar-refractivity contribution in [2.45, 2.75) is 99.6 Å². The van der Waals surface area contributed by atoms with E-state index in [4.69, 9.17) is 34.4 Å². The van der Waals surface area contributed by atoms with Crippen molar-refractivity contribution < 1.29 is 45.4 Å². The highest BCUT2D eigenvalue weighted by Gasteiger charge is 2.51. The Balaban J connectivity index is 0.758. The lowest BCUT2D eigenvalue weighted by Gasteiger charge is -2.35. The molecule has 0 N–H and O–H groups in total. The molecule has 17 nitrogen and oxygen atoms in total. The number of likely N-dealkylation sites (tertiary alicyclic amines) is 2. The van der Waals surface area contributed by atoms with Gasteiger partial charge in [-0.2, -0.15) is 19.9 Å². The number of hydrogen-bond acceptors (Lipinski definition) is 15. The molecule has 23 heteroatoms. The van der Waals surface area contributed by atoms with Gasteiger partial charge in [0.25, 0.3) is 0 Å². The number of rotatable bonds is 18. The Bertz CT molecular complexity index is 4330. The summed E-state index contributed by atoms with van der Waals surface area (Å²) in [6.07, 6.45) is 13.2. The van der Waals surface area contributed by atoms with Gasteiger partial charge in [0.15, 0.2) is 11.6 Å². The van der Waals surface area contributed by atoms with Crippen LogP contribution in [0.4, 0.5) is 38.0 Å². The fourth-order valence-electron chi connectivity index (χ4n) is 15.8. The molecule has 6 atom stereocenters. The summed E-state index contributed by atoms with van der Waals surface area (Å²) in [4.78, 5) is 68.3. The summed E-state index contributed by atoms with van der Waals surface area (Å²) in [5.74, 6) is -3.20. The Hall–Kier alpha value is -8.54. The van der Waals surface area contributed by atoms with Crippen LogP contribution >= 0.6 is 0 Å². The van der Waals surface area contributed by atoms with E-state index < -0.39 is 46.3 Å². The van der Waals surface area contributed by atoms with Gasteiger partial charge in [-0.05, 0) is 125 Å². The second-order valence-corrected chi connectivity index (χ2v) is 26.4. The number of nitrogens with zero attached hydrogens (tertiary/aromatic N) is 13. The molecule has 4 aromatic carbocycles. The number of ether oxygens (including phenoxy) is 2. The molecule has 0 bridgehead atoms. The maximum atomic E-state index is 17.9. The lowest BCUT2D eigenvalue weighted by molar-refractivity contribution is -0.125. The Morgan fingerprint density at radius 2 is 1.25 bits per heavy atom. The van der Waals surface area contributed by atoms with E-state index in [1.54, 1.807) is 52.4 Å². The van der Waals surface area contributed by atoms with E-state index in [1.807, 2.05) is 55.0 Å². The van der Waals surface area contributed by atoms with E-state index in [1.165, 1.54) is 24.4 Å². The van der Waals surface area contributed by atoms with Crippen molar-refractivity contribution in [2.75, 3.05) is 104 Å². The maximum absolute atomic E-state index is 17.9. The fraction of sp³-hybridized carbons (Fsp3) is 0.429. The largest absolute Gasteiger partial charge is 0.461 e. The predicted molar refractivity (Wildman–Crippen MR) is 344 cm³/mol. The zero-order chi connectivity index (χ0) is 64.6. The summed E-state index contributed by atoms with van der Waals surface area (Å²) in [7, 11) is 7.54. The number of alkyl halides is 1. The summed E-state index contributed by atoms with van der Waals surface area (Å²) in [5.41, 5.74) is -0.285. The van der Waals surface area contributed by atoms with Crippen LogP contribution in [-0.2, 0) is 16.0 Å². The van der Waals surface area contributed by atoms with Crippen molar-refractivity contribution in [1.82, 2.24) is 54.4 Å². The van der Waals surface area contributed by atoms with Gasteiger partial charge in [0.2, 0.25) is 11.8 Å². The van der Waals surface area contributed by atoms with E-state index in [9.17, 15) is 18.4 Å². The van der Waals surface area contributed by atoms with Gasteiger partial charge in [-0.1, -0.05) is 55.1 Å². The number of amides is 2. The van der Waals surface area contributed by atoms with Gasteiger partial charge in [-0.25, -0.2) is 26.3 Å². The van der Waals surface area contributed by atoms with E-state index in [-0.39, 0.29) is 99.3 Å². The zero-order valence-electron chi connectivity index (χ0n) is 52.5. The van der Waals surface area contributed by atoms with Crippen molar-refractivity contribution in [3.05, 3.63) is 133 Å². The molecule has 0 saturated carbocycles. The fourth-order valence-corrected chi connectivity index (χ4v) is 15.8. The molecule has 8 aromatic rings. The van der Waals surface area contributed by atoms with Gasteiger partial charge in [0, 0.05) is 119 Å². The summed E-state index contributed by atoms with van der Waals surface area (Å²) in [6.45, 7) is 8.08. The lowest BCUT2D eigenvalue weighted by atomic mass is 9.93. The molecule has 14 rings (SSSR count). The lowest BCUT2D eigenvalue weighted by Crippen LogP contribution is -2.47. The van der Waals surface area contributed by atoms with Gasteiger partial charge in [0.1, 0.15) is 70.9 Å². The summed E-state index contributed by atoms with van der Waals surface area (Å²) in [6, 6.07) is 14.3. The Kier molecular flexibility index (Phi) is 16.5. The average Bonchev–Trinajstić information content (AvgIpc) is 1.78. The van der Waals surface area contributed by atoms with Crippen molar-refractivity contribution in [1.29, 1.82) is 0 Å². The number of pyridine rings is 2. The Labute approximate surface area is 534 Å². The molecule has 2 unspecified atom stereocenters. The second-order valence-electron chi connectivity index (χ2n) is 26.4.